The second-order valence-electron chi connectivity index (χ2n) is 4.49. The predicted octanol–water partition coefficient (Wildman–Crippen LogP) is 2.26. The summed E-state index contributed by atoms with van der Waals surface area (Å²) in [6, 6.07) is 21.7. The van der Waals surface area contributed by atoms with Crippen LogP contribution in [0, 0.1) is 6.08 Å². The van der Waals surface area contributed by atoms with Crippen LogP contribution in [0.1, 0.15) is 6.42 Å². The maximum atomic E-state index is 3.52. The molecule has 0 aliphatic heterocycles. The van der Waals surface area contributed by atoms with E-state index in [1.165, 1.54) is 15.6 Å². The number of hydrogen-bond acceptors (Lipinski definition) is 0. The molecule has 0 fully saturated rings. The topological polar surface area (TPSA) is 0 Å². The number of rotatable bonds is 3. The largest absolute Gasteiger partial charge is 0.133 e. The van der Waals surface area contributed by atoms with Gasteiger partial charge in [-0.05, 0) is 17.7 Å². The minimum absolute atomic E-state index is 0.971. The van der Waals surface area contributed by atoms with E-state index in [-0.39, 0.29) is 0 Å². The fraction of sp³-hybridized carbons (Fsp3) is 0.0588. The molecule has 0 heterocycles. The van der Waals surface area contributed by atoms with Crippen molar-refractivity contribution in [2.24, 2.45) is 0 Å². The zero-order chi connectivity index (χ0) is 12.2. The van der Waals surface area contributed by atoms with Crippen molar-refractivity contribution in [3.63, 3.8) is 0 Å². The predicted molar refractivity (Wildman–Crippen MR) is 79.8 cm³/mol. The van der Waals surface area contributed by atoms with Crippen LogP contribution in [0.15, 0.2) is 78.0 Å². The summed E-state index contributed by atoms with van der Waals surface area (Å²) in [5.74, 6) is 0. The van der Waals surface area contributed by atoms with E-state index < -0.39 is 8.80 Å². The molecule has 0 spiro atoms. The molecule has 2 aromatic carbocycles. The van der Waals surface area contributed by atoms with E-state index in [4.69, 9.17) is 0 Å². The molecule has 2 aromatic rings. The summed E-state index contributed by atoms with van der Waals surface area (Å²) >= 11 is 0. The molecule has 0 unspecified atom stereocenters. The van der Waals surface area contributed by atoms with Crippen molar-refractivity contribution >= 4 is 19.2 Å². The smallest absolute Gasteiger partial charge is 0.0802 e. The molecular weight excluding hydrogens is 232 g/mol. The van der Waals surface area contributed by atoms with Crippen molar-refractivity contribution in [3.05, 3.63) is 84.1 Å². The Bertz CT molecular complexity index is 528. The lowest BCUT2D eigenvalue weighted by Crippen LogP contribution is -2.43. The molecule has 18 heavy (non-hydrogen) atoms. The van der Waals surface area contributed by atoms with E-state index in [0.717, 1.165) is 6.42 Å². The molecule has 1 radical (unpaired) electrons. The lowest BCUT2D eigenvalue weighted by Gasteiger charge is -2.16. The van der Waals surface area contributed by atoms with Gasteiger partial charge in [-0.15, -0.1) is 0 Å². The van der Waals surface area contributed by atoms with Gasteiger partial charge in [0.15, 0.2) is 0 Å². The fourth-order valence-electron chi connectivity index (χ4n) is 2.46. The summed E-state index contributed by atoms with van der Waals surface area (Å²) in [6.45, 7) is 0. The Morgan fingerprint density at radius 2 is 1.33 bits per heavy atom. The third-order valence-corrected chi connectivity index (χ3v) is 6.42. The Labute approximate surface area is 110 Å². The standard InChI is InChI=1S/C17H15Si/c1-3-9-15(10-4-1)18(17-13-7-8-14-17)16-11-5-2-6-12-16/h1-7,9-13,18H,8H2. The second-order valence-corrected chi connectivity index (χ2v) is 7.31. The molecular formula is C17H15Si. The van der Waals surface area contributed by atoms with Crippen molar-refractivity contribution in [1.82, 2.24) is 0 Å². The summed E-state index contributed by atoms with van der Waals surface area (Å²) in [4.78, 5) is 0. The van der Waals surface area contributed by atoms with E-state index in [1.807, 2.05) is 0 Å². The van der Waals surface area contributed by atoms with E-state index in [1.54, 1.807) is 0 Å². The van der Waals surface area contributed by atoms with Crippen LogP contribution < -0.4 is 10.4 Å². The zero-order valence-electron chi connectivity index (χ0n) is 10.2. The number of allylic oxidation sites excluding steroid dienone is 4. The van der Waals surface area contributed by atoms with Crippen LogP contribution in [0.4, 0.5) is 0 Å². The first kappa shape index (κ1) is 11.2. The van der Waals surface area contributed by atoms with Crippen molar-refractivity contribution in [2.45, 2.75) is 6.42 Å². The molecule has 0 N–H and O–H groups in total. The molecule has 1 aliphatic carbocycles. The second kappa shape index (κ2) is 5.19. The lowest BCUT2D eigenvalue weighted by molar-refractivity contribution is 1.39. The number of benzene rings is 2. The van der Waals surface area contributed by atoms with Crippen LogP contribution in [-0.2, 0) is 0 Å². The molecule has 1 heteroatoms. The normalized spacial score (nSPS) is 13.9. The molecule has 0 amide bonds. The van der Waals surface area contributed by atoms with Gasteiger partial charge in [0.25, 0.3) is 0 Å². The highest BCUT2D eigenvalue weighted by molar-refractivity contribution is 6.91. The van der Waals surface area contributed by atoms with Crippen molar-refractivity contribution in [2.75, 3.05) is 0 Å². The minimum atomic E-state index is -1.28. The Kier molecular flexibility index (Phi) is 3.24. The maximum Gasteiger partial charge on any atom is 0.133 e. The summed E-state index contributed by atoms with van der Waals surface area (Å²) < 4.78 is 0. The molecule has 3 rings (SSSR count). The first-order valence-electron chi connectivity index (χ1n) is 6.32. The Morgan fingerprint density at radius 1 is 0.778 bits per heavy atom. The molecule has 0 atom stereocenters. The van der Waals surface area contributed by atoms with Gasteiger partial charge < -0.3 is 0 Å². The van der Waals surface area contributed by atoms with Gasteiger partial charge in [-0.1, -0.05) is 83.2 Å². The summed E-state index contributed by atoms with van der Waals surface area (Å²) in [6.07, 6.45) is 8.96. The van der Waals surface area contributed by atoms with E-state index in [2.05, 4.69) is 78.9 Å². The summed E-state index contributed by atoms with van der Waals surface area (Å²) in [5, 5.41) is 4.36. The number of hydrogen-bond donors (Lipinski definition) is 0. The van der Waals surface area contributed by atoms with Crippen LogP contribution in [0.25, 0.3) is 0 Å². The third-order valence-electron chi connectivity index (χ3n) is 3.30. The molecule has 0 saturated carbocycles. The van der Waals surface area contributed by atoms with E-state index >= 15 is 0 Å². The highest BCUT2D eigenvalue weighted by atomic mass is 28.3. The quantitative estimate of drug-likeness (QED) is 0.730. The van der Waals surface area contributed by atoms with Gasteiger partial charge in [0, 0.05) is 0 Å². The first-order chi connectivity index (χ1) is 8.95. The maximum absolute atomic E-state index is 3.52. The van der Waals surface area contributed by atoms with E-state index in [9.17, 15) is 0 Å². The summed E-state index contributed by atoms with van der Waals surface area (Å²) in [7, 11) is -1.28. The van der Waals surface area contributed by atoms with Gasteiger partial charge in [-0.2, -0.15) is 0 Å². The van der Waals surface area contributed by atoms with Gasteiger partial charge in [-0.3, -0.25) is 0 Å². The van der Waals surface area contributed by atoms with Gasteiger partial charge >= 0.3 is 0 Å². The lowest BCUT2D eigenvalue weighted by atomic mass is 10.4. The van der Waals surface area contributed by atoms with Crippen molar-refractivity contribution in [3.8, 4) is 0 Å². The average molecular weight is 247 g/mol. The highest BCUT2D eigenvalue weighted by Crippen LogP contribution is 2.12. The molecule has 0 bridgehead atoms. The van der Waals surface area contributed by atoms with Gasteiger partial charge in [0.2, 0.25) is 0 Å². The average Bonchev–Trinajstić information content (AvgIpc) is 2.95. The van der Waals surface area contributed by atoms with Gasteiger partial charge in [0.05, 0.1) is 0 Å². The van der Waals surface area contributed by atoms with Gasteiger partial charge in [-0.25, -0.2) is 0 Å². The van der Waals surface area contributed by atoms with Crippen LogP contribution in [0.3, 0.4) is 0 Å². The van der Waals surface area contributed by atoms with E-state index in [0.29, 0.717) is 0 Å². The molecule has 0 nitrogen and oxygen atoms in total. The van der Waals surface area contributed by atoms with Crippen molar-refractivity contribution < 1.29 is 0 Å². The highest BCUT2D eigenvalue weighted by Gasteiger charge is 2.20. The molecule has 0 aromatic heterocycles. The first-order valence-corrected chi connectivity index (χ1v) is 8.05. The molecule has 1 aliphatic rings. The molecule has 0 saturated heterocycles. The Balaban J connectivity index is 2.07. The van der Waals surface area contributed by atoms with Crippen LogP contribution in [-0.4, -0.2) is 8.80 Å². The van der Waals surface area contributed by atoms with Crippen LogP contribution in [0.2, 0.25) is 0 Å². The van der Waals surface area contributed by atoms with Crippen LogP contribution >= 0.6 is 0 Å². The SMILES string of the molecule is [C]1=C([SiH](c2ccccc2)c2ccccc2)C=CC1. The van der Waals surface area contributed by atoms with Crippen LogP contribution in [0.5, 0.6) is 0 Å². The minimum Gasteiger partial charge on any atom is -0.0802 e. The van der Waals surface area contributed by atoms with Crippen molar-refractivity contribution in [1.29, 1.82) is 0 Å². The summed E-state index contributed by atoms with van der Waals surface area (Å²) in [5.41, 5.74) is 0. The Morgan fingerprint density at radius 3 is 1.78 bits per heavy atom. The zero-order valence-corrected chi connectivity index (χ0v) is 11.4. The fourth-order valence-corrected chi connectivity index (χ4v) is 5.43. The molecule has 87 valence electrons. The monoisotopic (exact) mass is 247 g/mol. The van der Waals surface area contributed by atoms with Gasteiger partial charge in [0.1, 0.15) is 8.80 Å². The third kappa shape index (κ3) is 2.22. The Hall–Kier alpha value is -1.86.